The summed E-state index contributed by atoms with van der Waals surface area (Å²) < 4.78 is 6.40. The summed E-state index contributed by atoms with van der Waals surface area (Å²) in [5.41, 5.74) is 1.30. The fourth-order valence-electron chi connectivity index (χ4n) is 1.36. The van der Waals surface area contributed by atoms with Crippen LogP contribution >= 0.6 is 24.0 Å². The van der Waals surface area contributed by atoms with Crippen LogP contribution in [0.2, 0.25) is 0 Å². The molecule has 13 heavy (non-hydrogen) atoms. The van der Waals surface area contributed by atoms with Gasteiger partial charge >= 0.3 is 0 Å². The Hall–Kier alpha value is -0.670. The quantitative estimate of drug-likeness (QED) is 0.709. The van der Waals surface area contributed by atoms with Gasteiger partial charge in [0.2, 0.25) is 0 Å². The van der Waals surface area contributed by atoms with E-state index in [4.69, 9.17) is 4.74 Å². The Morgan fingerprint density at radius 3 is 2.85 bits per heavy atom. The number of hydrogen-bond acceptors (Lipinski definition) is 3. The summed E-state index contributed by atoms with van der Waals surface area (Å²) in [6.07, 6.45) is 0. The first-order valence-electron chi connectivity index (χ1n) is 3.98. The maximum absolute atomic E-state index is 5.19. The number of fused-ring (bicyclic) bond motifs is 1. The number of methoxy groups -OCH3 is 1. The number of rotatable bonds is 1. The molecule has 2 aromatic rings. The van der Waals surface area contributed by atoms with Crippen molar-refractivity contribution in [2.45, 2.75) is 11.8 Å². The smallest absolute Gasteiger partial charge is 0.133 e. The van der Waals surface area contributed by atoms with E-state index >= 15 is 0 Å². The molecule has 1 heterocycles. The first kappa shape index (κ1) is 8.91. The highest BCUT2D eigenvalue weighted by Gasteiger charge is 2.07. The molecule has 0 saturated carbocycles. The van der Waals surface area contributed by atoms with Crippen LogP contribution in [0.4, 0.5) is 0 Å². The van der Waals surface area contributed by atoms with E-state index in [0.717, 1.165) is 10.6 Å². The van der Waals surface area contributed by atoms with Gasteiger partial charge in [-0.25, -0.2) is 0 Å². The van der Waals surface area contributed by atoms with Gasteiger partial charge in [-0.3, -0.25) is 0 Å². The number of ether oxygens (including phenoxy) is 1. The van der Waals surface area contributed by atoms with Crippen molar-refractivity contribution in [1.29, 1.82) is 0 Å². The molecule has 1 aromatic carbocycles. The fourth-order valence-corrected chi connectivity index (χ4v) is 2.79. The lowest BCUT2D eigenvalue weighted by atomic mass is 10.2. The zero-order valence-electron chi connectivity index (χ0n) is 7.50. The van der Waals surface area contributed by atoms with E-state index in [9.17, 15) is 0 Å². The Kier molecular flexibility index (Phi) is 2.22. The van der Waals surface area contributed by atoms with Crippen LogP contribution in [0, 0.1) is 6.92 Å². The predicted octanol–water partition coefficient (Wildman–Crippen LogP) is 3.51. The lowest BCUT2D eigenvalue weighted by Crippen LogP contribution is -1.83. The van der Waals surface area contributed by atoms with Gasteiger partial charge in [-0.1, -0.05) is 0 Å². The number of thiophene rings is 1. The van der Waals surface area contributed by atoms with Gasteiger partial charge in [0.05, 0.1) is 16.7 Å². The van der Waals surface area contributed by atoms with Crippen LogP contribution in [0.15, 0.2) is 22.4 Å². The van der Waals surface area contributed by atoms with E-state index in [1.54, 1.807) is 18.4 Å². The Bertz CT molecular complexity index is 445. The molecule has 0 aliphatic rings. The van der Waals surface area contributed by atoms with Gasteiger partial charge in [-0.15, -0.1) is 24.0 Å². The summed E-state index contributed by atoms with van der Waals surface area (Å²) in [5, 5.41) is 3.42. The molecule has 0 saturated heterocycles. The summed E-state index contributed by atoms with van der Waals surface area (Å²) in [4.78, 5) is 0.943. The molecule has 0 N–H and O–H groups in total. The van der Waals surface area contributed by atoms with Crippen LogP contribution in [0.5, 0.6) is 5.75 Å². The normalized spacial score (nSPS) is 10.7. The third-order valence-corrected chi connectivity index (χ3v) is 3.82. The van der Waals surface area contributed by atoms with E-state index in [0.29, 0.717) is 0 Å². The van der Waals surface area contributed by atoms with Crippen LogP contribution in [0.3, 0.4) is 0 Å². The van der Waals surface area contributed by atoms with Crippen molar-refractivity contribution in [3.05, 3.63) is 23.1 Å². The average Bonchev–Trinajstić information content (AvgIpc) is 2.50. The summed E-state index contributed by atoms with van der Waals surface area (Å²) in [5.74, 6) is 0.845. The molecule has 2 rings (SSSR count). The van der Waals surface area contributed by atoms with Crippen molar-refractivity contribution < 1.29 is 4.74 Å². The third-order valence-electron chi connectivity index (χ3n) is 2.09. The molecule has 1 nitrogen and oxygen atoms in total. The first-order valence-corrected chi connectivity index (χ1v) is 5.30. The number of hydrogen-bond donors (Lipinski definition) is 1. The molecule has 0 unspecified atom stereocenters. The summed E-state index contributed by atoms with van der Waals surface area (Å²) in [6.45, 7) is 2.11. The monoisotopic (exact) mass is 210 g/mol. The number of thiol groups is 1. The third kappa shape index (κ3) is 1.32. The Balaban J connectivity index is 2.80. The second kappa shape index (κ2) is 3.24. The van der Waals surface area contributed by atoms with Gasteiger partial charge in [0.25, 0.3) is 0 Å². The van der Waals surface area contributed by atoms with Crippen LogP contribution in [0.25, 0.3) is 10.1 Å². The summed E-state index contributed by atoms with van der Waals surface area (Å²) in [6, 6.07) is 4.05. The minimum absolute atomic E-state index is 0.845. The predicted molar refractivity (Wildman–Crippen MR) is 60.4 cm³/mol. The van der Waals surface area contributed by atoms with Gasteiger partial charge in [0, 0.05) is 0 Å². The zero-order chi connectivity index (χ0) is 9.42. The van der Waals surface area contributed by atoms with E-state index in [1.165, 1.54) is 15.6 Å². The second-order valence-corrected chi connectivity index (χ2v) is 4.24. The van der Waals surface area contributed by atoms with Crippen LogP contribution in [-0.2, 0) is 0 Å². The molecule has 0 radical (unpaired) electrons. The van der Waals surface area contributed by atoms with E-state index in [2.05, 4.69) is 31.0 Å². The van der Waals surface area contributed by atoms with Crippen LogP contribution in [-0.4, -0.2) is 7.11 Å². The van der Waals surface area contributed by atoms with Crippen molar-refractivity contribution in [2.75, 3.05) is 7.11 Å². The second-order valence-electron chi connectivity index (χ2n) is 2.91. The Morgan fingerprint density at radius 1 is 1.38 bits per heavy atom. The van der Waals surface area contributed by atoms with Gasteiger partial charge in [-0.2, -0.15) is 0 Å². The molecule has 3 heteroatoms. The molecule has 0 fully saturated rings. The summed E-state index contributed by atoms with van der Waals surface area (Å²) in [7, 11) is 1.67. The molecule has 0 bridgehead atoms. The SMILES string of the molecule is COc1ccc2c(C)csc2c1S. The van der Waals surface area contributed by atoms with Crippen molar-refractivity contribution in [2.24, 2.45) is 0 Å². The maximum Gasteiger partial charge on any atom is 0.133 e. The first-order chi connectivity index (χ1) is 6.24. The summed E-state index contributed by atoms with van der Waals surface area (Å²) >= 11 is 6.16. The molecular formula is C10H10OS2. The van der Waals surface area contributed by atoms with Crippen LogP contribution < -0.4 is 4.74 Å². The van der Waals surface area contributed by atoms with Gasteiger partial charge in [-0.05, 0) is 35.4 Å². The minimum atomic E-state index is 0.845. The lowest BCUT2D eigenvalue weighted by Gasteiger charge is -2.03. The highest BCUT2D eigenvalue weighted by atomic mass is 32.1. The zero-order valence-corrected chi connectivity index (χ0v) is 9.21. The largest absolute Gasteiger partial charge is 0.496 e. The molecule has 0 amide bonds. The maximum atomic E-state index is 5.19. The molecule has 0 spiro atoms. The van der Waals surface area contributed by atoms with Gasteiger partial charge in [0.15, 0.2) is 0 Å². The van der Waals surface area contributed by atoms with E-state index in [1.807, 2.05) is 6.07 Å². The highest BCUT2D eigenvalue weighted by molar-refractivity contribution is 7.81. The van der Waals surface area contributed by atoms with E-state index in [-0.39, 0.29) is 0 Å². The number of benzene rings is 1. The molecule has 1 aromatic heterocycles. The van der Waals surface area contributed by atoms with Crippen molar-refractivity contribution in [3.8, 4) is 5.75 Å². The standard InChI is InChI=1S/C10H10OS2/c1-6-5-13-10-7(6)3-4-8(11-2)9(10)12/h3-5,12H,1-2H3. The van der Waals surface area contributed by atoms with Crippen molar-refractivity contribution >= 4 is 34.1 Å². The highest BCUT2D eigenvalue weighted by Crippen LogP contribution is 2.36. The molecule has 68 valence electrons. The Labute approximate surface area is 86.8 Å². The van der Waals surface area contributed by atoms with Crippen molar-refractivity contribution in [1.82, 2.24) is 0 Å². The topological polar surface area (TPSA) is 9.23 Å². The fraction of sp³-hybridized carbons (Fsp3) is 0.200. The molecule has 0 atom stereocenters. The lowest BCUT2D eigenvalue weighted by molar-refractivity contribution is 0.406. The van der Waals surface area contributed by atoms with E-state index < -0.39 is 0 Å². The molecule has 0 aliphatic heterocycles. The van der Waals surface area contributed by atoms with Gasteiger partial charge in [0.1, 0.15) is 5.75 Å². The minimum Gasteiger partial charge on any atom is -0.496 e. The van der Waals surface area contributed by atoms with Gasteiger partial charge < -0.3 is 4.74 Å². The average molecular weight is 210 g/mol. The molecule has 0 aliphatic carbocycles. The molecular weight excluding hydrogens is 200 g/mol. The van der Waals surface area contributed by atoms with Crippen LogP contribution in [0.1, 0.15) is 5.56 Å². The Morgan fingerprint density at radius 2 is 2.15 bits per heavy atom. The number of aryl methyl sites for hydroxylation is 1. The van der Waals surface area contributed by atoms with Crippen molar-refractivity contribution in [3.63, 3.8) is 0 Å².